The molecule has 0 aliphatic carbocycles. The van der Waals surface area contributed by atoms with Crippen molar-refractivity contribution in [3.63, 3.8) is 0 Å². The van der Waals surface area contributed by atoms with Gasteiger partial charge in [-0.2, -0.15) is 0 Å². The Morgan fingerprint density at radius 1 is 1.12 bits per heavy atom. The molecular formula is C13H16O3. The molecule has 0 atom stereocenters. The highest BCUT2D eigenvalue weighted by Gasteiger charge is 2.06. The zero-order chi connectivity index (χ0) is 12.0. The van der Waals surface area contributed by atoms with E-state index >= 15 is 0 Å². The molecular weight excluding hydrogens is 204 g/mol. The first kappa shape index (κ1) is 12.6. The van der Waals surface area contributed by atoms with E-state index in [4.69, 9.17) is 4.74 Å². The summed E-state index contributed by atoms with van der Waals surface area (Å²) < 4.78 is 4.88. The zero-order valence-electron chi connectivity index (χ0n) is 9.66. The van der Waals surface area contributed by atoms with E-state index in [-0.39, 0.29) is 11.6 Å². The lowest BCUT2D eigenvalue weighted by molar-refractivity contribution is 0.0961. The standard InChI is InChI=1S/C13H16O3/c1-10(14)11-5-7-12(8-6-11)13(15)4-3-9-16-2/h5-8H,3-4,9H2,1-2H3. The average molecular weight is 220 g/mol. The Balaban J connectivity index is 2.59. The topological polar surface area (TPSA) is 43.4 Å². The lowest BCUT2D eigenvalue weighted by Crippen LogP contribution is -2.02. The van der Waals surface area contributed by atoms with Crippen molar-refractivity contribution < 1.29 is 14.3 Å². The molecule has 1 aromatic carbocycles. The van der Waals surface area contributed by atoms with Gasteiger partial charge in [-0.05, 0) is 13.3 Å². The minimum absolute atomic E-state index is 0.0124. The number of hydrogen-bond donors (Lipinski definition) is 0. The molecule has 0 heterocycles. The molecule has 0 aliphatic heterocycles. The maximum absolute atomic E-state index is 11.7. The third kappa shape index (κ3) is 3.59. The molecule has 16 heavy (non-hydrogen) atoms. The predicted octanol–water partition coefficient (Wildman–Crippen LogP) is 2.50. The molecule has 0 saturated carbocycles. The fraction of sp³-hybridized carbons (Fsp3) is 0.385. The quantitative estimate of drug-likeness (QED) is 0.546. The molecule has 3 heteroatoms. The molecule has 0 aromatic heterocycles. The Bertz CT molecular complexity index is 365. The van der Waals surface area contributed by atoms with Crippen molar-refractivity contribution in [2.75, 3.05) is 13.7 Å². The van der Waals surface area contributed by atoms with Crippen molar-refractivity contribution in [1.29, 1.82) is 0 Å². The SMILES string of the molecule is COCCCC(=O)c1ccc(C(C)=O)cc1. The van der Waals surface area contributed by atoms with Gasteiger partial charge in [0.05, 0.1) is 0 Å². The van der Waals surface area contributed by atoms with Gasteiger partial charge in [-0.3, -0.25) is 9.59 Å². The fourth-order valence-electron chi connectivity index (χ4n) is 1.41. The largest absolute Gasteiger partial charge is 0.385 e. The Kier molecular flexibility index (Phi) is 4.86. The van der Waals surface area contributed by atoms with Gasteiger partial charge in [-0.1, -0.05) is 24.3 Å². The molecule has 0 N–H and O–H groups in total. The summed E-state index contributed by atoms with van der Waals surface area (Å²) in [7, 11) is 1.62. The van der Waals surface area contributed by atoms with Crippen LogP contribution in [-0.4, -0.2) is 25.3 Å². The van der Waals surface area contributed by atoms with Crippen molar-refractivity contribution in [2.45, 2.75) is 19.8 Å². The predicted molar refractivity (Wildman–Crippen MR) is 61.9 cm³/mol. The summed E-state index contributed by atoms with van der Waals surface area (Å²) in [5, 5.41) is 0. The molecule has 0 spiro atoms. The first-order valence-electron chi connectivity index (χ1n) is 5.28. The van der Waals surface area contributed by atoms with Crippen molar-refractivity contribution >= 4 is 11.6 Å². The van der Waals surface area contributed by atoms with Gasteiger partial charge in [0.2, 0.25) is 0 Å². The lowest BCUT2D eigenvalue weighted by Gasteiger charge is -2.01. The van der Waals surface area contributed by atoms with Crippen molar-refractivity contribution in [3.05, 3.63) is 35.4 Å². The summed E-state index contributed by atoms with van der Waals surface area (Å²) in [4.78, 5) is 22.7. The van der Waals surface area contributed by atoms with Crippen LogP contribution in [-0.2, 0) is 4.74 Å². The number of carbonyl (C=O) groups excluding carboxylic acids is 2. The zero-order valence-corrected chi connectivity index (χ0v) is 9.66. The molecule has 0 bridgehead atoms. The van der Waals surface area contributed by atoms with Gasteiger partial charge in [-0.25, -0.2) is 0 Å². The second-order valence-corrected chi connectivity index (χ2v) is 3.65. The van der Waals surface area contributed by atoms with E-state index in [2.05, 4.69) is 0 Å². The van der Waals surface area contributed by atoms with E-state index in [0.29, 0.717) is 24.2 Å². The van der Waals surface area contributed by atoms with Crippen molar-refractivity contribution in [1.82, 2.24) is 0 Å². The van der Waals surface area contributed by atoms with E-state index in [1.54, 1.807) is 31.4 Å². The highest BCUT2D eigenvalue weighted by atomic mass is 16.5. The van der Waals surface area contributed by atoms with Crippen LogP contribution in [0.4, 0.5) is 0 Å². The second-order valence-electron chi connectivity index (χ2n) is 3.65. The number of ketones is 2. The highest BCUT2D eigenvalue weighted by molar-refractivity contribution is 5.98. The van der Waals surface area contributed by atoms with E-state index in [0.717, 1.165) is 6.42 Å². The van der Waals surface area contributed by atoms with E-state index in [1.807, 2.05) is 0 Å². The summed E-state index contributed by atoms with van der Waals surface area (Å²) in [6.07, 6.45) is 1.21. The lowest BCUT2D eigenvalue weighted by atomic mass is 10.0. The first-order chi connectivity index (χ1) is 7.65. The van der Waals surface area contributed by atoms with Gasteiger partial charge >= 0.3 is 0 Å². The van der Waals surface area contributed by atoms with Crippen LogP contribution < -0.4 is 0 Å². The molecule has 86 valence electrons. The van der Waals surface area contributed by atoms with Crippen molar-refractivity contribution in [2.24, 2.45) is 0 Å². The van der Waals surface area contributed by atoms with Crippen LogP contribution in [0.15, 0.2) is 24.3 Å². The average Bonchev–Trinajstić information content (AvgIpc) is 2.29. The molecule has 1 aromatic rings. The molecule has 0 radical (unpaired) electrons. The Labute approximate surface area is 95.4 Å². The monoisotopic (exact) mass is 220 g/mol. The van der Waals surface area contributed by atoms with Gasteiger partial charge in [0.25, 0.3) is 0 Å². The minimum atomic E-state index is 0.0124. The van der Waals surface area contributed by atoms with E-state index in [9.17, 15) is 9.59 Å². The molecule has 3 nitrogen and oxygen atoms in total. The van der Waals surface area contributed by atoms with Crippen molar-refractivity contribution in [3.8, 4) is 0 Å². The Morgan fingerprint density at radius 2 is 1.69 bits per heavy atom. The number of Topliss-reactive ketones (excluding diaryl/α,β-unsaturated/α-hetero) is 2. The van der Waals surface area contributed by atoms with Crippen LogP contribution >= 0.6 is 0 Å². The second kappa shape index (κ2) is 6.18. The molecule has 0 amide bonds. The fourth-order valence-corrected chi connectivity index (χ4v) is 1.41. The number of rotatable bonds is 6. The Morgan fingerprint density at radius 3 is 2.19 bits per heavy atom. The number of methoxy groups -OCH3 is 1. The molecule has 0 unspecified atom stereocenters. The third-order valence-corrected chi connectivity index (χ3v) is 2.37. The molecule has 0 saturated heterocycles. The van der Waals surface area contributed by atoms with E-state index < -0.39 is 0 Å². The number of hydrogen-bond acceptors (Lipinski definition) is 3. The summed E-state index contributed by atoms with van der Waals surface area (Å²) in [5.41, 5.74) is 1.29. The molecule has 0 aliphatic rings. The normalized spacial score (nSPS) is 10.1. The first-order valence-corrected chi connectivity index (χ1v) is 5.28. The van der Waals surface area contributed by atoms with Crippen LogP contribution in [0.25, 0.3) is 0 Å². The van der Waals surface area contributed by atoms with Crippen LogP contribution in [0.2, 0.25) is 0 Å². The van der Waals surface area contributed by atoms with Gasteiger partial charge in [0.15, 0.2) is 11.6 Å². The van der Waals surface area contributed by atoms with Crippen LogP contribution in [0.5, 0.6) is 0 Å². The summed E-state index contributed by atoms with van der Waals surface area (Å²) in [5.74, 6) is 0.102. The summed E-state index contributed by atoms with van der Waals surface area (Å²) in [6, 6.07) is 6.77. The van der Waals surface area contributed by atoms with Crippen LogP contribution in [0.1, 0.15) is 40.5 Å². The Hall–Kier alpha value is -1.48. The summed E-state index contributed by atoms with van der Waals surface area (Å²) in [6.45, 7) is 2.10. The number of ether oxygens (including phenoxy) is 1. The minimum Gasteiger partial charge on any atom is -0.385 e. The van der Waals surface area contributed by atoms with Gasteiger partial charge in [0.1, 0.15) is 0 Å². The van der Waals surface area contributed by atoms with E-state index in [1.165, 1.54) is 6.92 Å². The maximum atomic E-state index is 11.7. The van der Waals surface area contributed by atoms with Crippen LogP contribution in [0.3, 0.4) is 0 Å². The van der Waals surface area contributed by atoms with Gasteiger partial charge in [0, 0.05) is 31.3 Å². The van der Waals surface area contributed by atoms with Crippen LogP contribution in [0, 0.1) is 0 Å². The number of carbonyl (C=O) groups is 2. The molecule has 1 rings (SSSR count). The highest BCUT2D eigenvalue weighted by Crippen LogP contribution is 2.08. The van der Waals surface area contributed by atoms with Gasteiger partial charge in [-0.15, -0.1) is 0 Å². The smallest absolute Gasteiger partial charge is 0.162 e. The molecule has 0 fully saturated rings. The summed E-state index contributed by atoms with van der Waals surface area (Å²) >= 11 is 0. The third-order valence-electron chi connectivity index (χ3n) is 2.37. The van der Waals surface area contributed by atoms with Gasteiger partial charge < -0.3 is 4.74 Å². The maximum Gasteiger partial charge on any atom is 0.162 e. The number of benzene rings is 1.